The predicted molar refractivity (Wildman–Crippen MR) is 511 cm³/mol. The van der Waals surface area contributed by atoms with Crippen LogP contribution in [0.4, 0.5) is 34.1 Å². The number of fused-ring (bicyclic) bond motifs is 23. The number of nitrogens with zero attached hydrogens (tertiary/aromatic N) is 3. The second kappa shape index (κ2) is 27.0. The molecule has 1 heterocycles. The molecule has 0 amide bonds. The van der Waals surface area contributed by atoms with Gasteiger partial charge in [-0.3, -0.25) is 0 Å². The summed E-state index contributed by atoms with van der Waals surface area (Å²) in [6, 6.07) is 122. The molecule has 15 aromatic carbocycles. The Morgan fingerprint density at radius 2 is 0.508 bits per heavy atom. The maximum atomic E-state index is 9.52. The van der Waals surface area contributed by atoms with Crippen LogP contribution in [0.5, 0.6) is 0 Å². The van der Waals surface area contributed by atoms with Gasteiger partial charge in [0.25, 0.3) is 0 Å². The molecule has 0 N–H and O–H groups in total. The molecule has 0 bridgehead atoms. The van der Waals surface area contributed by atoms with Crippen LogP contribution < -0.4 is 9.80 Å². The van der Waals surface area contributed by atoms with E-state index >= 15 is 0 Å². The number of hydrogen-bond donors (Lipinski definition) is 0. The Bertz CT molecular complexity index is 6350. The third-order valence-electron chi connectivity index (χ3n) is 26.9. The minimum absolute atomic E-state index is 0.135. The fourth-order valence-corrected chi connectivity index (χ4v) is 21.0. The van der Waals surface area contributed by atoms with Gasteiger partial charge in [0, 0.05) is 33.3 Å². The summed E-state index contributed by atoms with van der Waals surface area (Å²) in [5, 5.41) is 2.99. The van der Waals surface area contributed by atoms with E-state index in [-0.39, 0.29) is 32.5 Å². The van der Waals surface area contributed by atoms with E-state index in [4.69, 9.17) is 0 Å². The van der Waals surface area contributed by atoms with Crippen molar-refractivity contribution in [2.24, 2.45) is 0 Å². The van der Waals surface area contributed by atoms with E-state index in [0.717, 1.165) is 62.0 Å². The molecule has 120 heavy (non-hydrogen) atoms. The number of aromatic nitrogens is 1. The highest BCUT2D eigenvalue weighted by molar-refractivity contribution is 6.37. The summed E-state index contributed by atoms with van der Waals surface area (Å²) in [4.78, 5) is 5.18. The molecule has 3 nitrogen and oxygen atoms in total. The number of anilines is 6. The molecule has 1 aromatic heterocycles. The summed E-state index contributed by atoms with van der Waals surface area (Å²) >= 11 is 9.52. The summed E-state index contributed by atoms with van der Waals surface area (Å²) in [6.45, 7) is 42.2. The highest BCUT2D eigenvalue weighted by atomic mass is 35.5. The Balaban J connectivity index is 0.974. The smallest absolute Gasteiger partial charge is 0.0888 e. The van der Waals surface area contributed by atoms with Gasteiger partial charge in [-0.15, -0.1) is 0 Å². The Morgan fingerprint density at radius 3 is 0.808 bits per heavy atom. The van der Waals surface area contributed by atoms with E-state index in [1.165, 1.54) is 144 Å². The number of halogens is 1. The van der Waals surface area contributed by atoms with Crippen LogP contribution in [0.2, 0.25) is 5.02 Å². The highest BCUT2D eigenvalue weighted by Gasteiger charge is 2.56. The van der Waals surface area contributed by atoms with Crippen LogP contribution >= 0.6 is 11.6 Å². The summed E-state index contributed by atoms with van der Waals surface area (Å²) < 4.78 is 2.57. The summed E-state index contributed by atoms with van der Waals surface area (Å²) in [6.07, 6.45) is 0. The molecule has 592 valence electrons. The maximum Gasteiger partial charge on any atom is 0.0888 e. The zero-order valence-electron chi connectivity index (χ0n) is 72.7. The third-order valence-corrected chi connectivity index (χ3v) is 27.3. The maximum absolute atomic E-state index is 9.52. The minimum Gasteiger partial charge on any atom is -0.309 e. The second-order valence-corrected chi connectivity index (χ2v) is 41.0. The van der Waals surface area contributed by atoms with Crippen molar-refractivity contribution >= 4 is 67.5 Å². The zero-order chi connectivity index (χ0) is 83.4. The molecule has 0 radical (unpaired) electrons. The quantitative estimate of drug-likeness (QED) is 0.143. The van der Waals surface area contributed by atoms with Gasteiger partial charge in [-0.1, -0.05) is 379 Å². The van der Waals surface area contributed by atoms with Crippen molar-refractivity contribution in [1.82, 2.24) is 4.57 Å². The van der Waals surface area contributed by atoms with Crippen molar-refractivity contribution in [1.29, 1.82) is 0 Å². The SMILES string of the molecule is CC(C)(C)c1cc(-c2cccc(N(c3cc(-n4c5ccc(C(C)(C)C)cc5c5cc(C(C)(C)C)ccc54)cc(N(c4cccc(-c5cc(C(C)(C)C)cc(C(C)(C)C)c5)c4)c4cccc5c4C4(c6ccccc6-c6ccccc64)c4ccccc4-5)c3Cl)c3cccc4c3C3(c5ccccc5-c5ccccc53)c3ccccc3-4)c2)cc(C(C)(C)C)c1. The van der Waals surface area contributed by atoms with E-state index in [1.807, 2.05) is 0 Å². The van der Waals surface area contributed by atoms with Crippen LogP contribution in [0, 0.1) is 0 Å². The molecule has 20 rings (SSSR count). The molecule has 0 unspecified atom stereocenters. The van der Waals surface area contributed by atoms with Gasteiger partial charge < -0.3 is 14.4 Å². The average molecular weight is 1580 g/mol. The second-order valence-electron chi connectivity index (χ2n) is 40.6. The Kier molecular flexibility index (Phi) is 17.2. The van der Waals surface area contributed by atoms with Crippen molar-refractivity contribution < 1.29 is 0 Å². The predicted octanol–water partition coefficient (Wildman–Crippen LogP) is 32.2. The minimum atomic E-state index is -0.769. The molecule has 4 aliphatic rings. The van der Waals surface area contributed by atoms with Crippen molar-refractivity contribution in [3.8, 4) is 72.4 Å². The number of rotatable bonds is 9. The molecule has 0 saturated heterocycles. The molecular formula is C116H106ClN3. The van der Waals surface area contributed by atoms with E-state index < -0.39 is 10.8 Å². The van der Waals surface area contributed by atoms with Gasteiger partial charge >= 0.3 is 0 Å². The summed E-state index contributed by atoms with van der Waals surface area (Å²) in [7, 11) is 0. The first-order chi connectivity index (χ1) is 57.2. The van der Waals surface area contributed by atoms with Crippen LogP contribution in [0.25, 0.3) is 94.3 Å². The molecule has 0 fully saturated rings. The Labute approximate surface area is 715 Å². The zero-order valence-corrected chi connectivity index (χ0v) is 73.5. The van der Waals surface area contributed by atoms with Crippen LogP contribution in [0.1, 0.15) is 203 Å². The van der Waals surface area contributed by atoms with E-state index in [0.29, 0.717) is 5.02 Å². The third kappa shape index (κ3) is 11.7. The van der Waals surface area contributed by atoms with E-state index in [9.17, 15) is 11.6 Å². The van der Waals surface area contributed by atoms with Crippen LogP contribution in [-0.2, 0) is 43.3 Å². The Hall–Kier alpha value is -12.0. The molecule has 4 heteroatoms. The lowest BCUT2D eigenvalue weighted by atomic mass is 9.70. The average Bonchev–Trinajstić information content (AvgIpc) is 1.51. The standard InChI is InChI=1S/C116H106ClN3/c1-109(2,3)75-55-57-100-92(67-75)93-68-76(110(4,5)6)56-58-101(93)120(100)83-69-104(118(81-37-31-35-71(63-81)73-59-77(111(7,8)9)65-78(60-73)112(10,11)12)102-53-33-45-90-88-43-23-29-51-98(88)115(106(90)102)94-47-25-19-39-84(94)85-40-20-26-48-95(85)115)108(117)105(70-83)119(82-38-32-36-72(64-82)74-61-79(113(13,14)15)66-80(62-74)114(16,17)18)103-54-34-46-91-89-44-24-30-52-99(89)116(107(91)103)96-49-27-21-41-86(96)87-42-22-28-50-97(87)116/h19-70H,1-18H3. The molecule has 4 aliphatic carbocycles. The van der Waals surface area contributed by atoms with Gasteiger partial charge in [0.15, 0.2) is 0 Å². The van der Waals surface area contributed by atoms with Crippen molar-refractivity contribution in [2.45, 2.75) is 168 Å². The molecule has 16 aromatic rings. The van der Waals surface area contributed by atoms with E-state index in [1.54, 1.807) is 0 Å². The normalized spacial score (nSPS) is 14.1. The van der Waals surface area contributed by atoms with Gasteiger partial charge in [-0.05, 0) is 239 Å². The van der Waals surface area contributed by atoms with Gasteiger partial charge in [0.1, 0.15) is 0 Å². The summed E-state index contributed by atoms with van der Waals surface area (Å²) in [5.74, 6) is 0. The molecular weight excluding hydrogens is 1470 g/mol. The lowest BCUT2D eigenvalue weighted by Gasteiger charge is -2.38. The van der Waals surface area contributed by atoms with Gasteiger partial charge in [-0.25, -0.2) is 0 Å². The first-order valence-electron chi connectivity index (χ1n) is 43.1. The first-order valence-corrected chi connectivity index (χ1v) is 43.5. The fourth-order valence-electron chi connectivity index (χ4n) is 20.7. The monoisotopic (exact) mass is 1580 g/mol. The van der Waals surface area contributed by atoms with Crippen molar-refractivity contribution in [3.63, 3.8) is 0 Å². The highest BCUT2D eigenvalue weighted by Crippen LogP contribution is 2.69. The molecule has 0 atom stereocenters. The largest absolute Gasteiger partial charge is 0.309 e. The van der Waals surface area contributed by atoms with Crippen molar-refractivity contribution in [2.75, 3.05) is 9.80 Å². The van der Waals surface area contributed by atoms with Crippen LogP contribution in [0.3, 0.4) is 0 Å². The molecule has 0 saturated carbocycles. The van der Waals surface area contributed by atoms with Gasteiger partial charge in [0.05, 0.1) is 55.3 Å². The van der Waals surface area contributed by atoms with Gasteiger partial charge in [-0.2, -0.15) is 0 Å². The molecule has 2 spiro atoms. The first kappa shape index (κ1) is 76.7. The fraction of sp³-hybridized carbons (Fsp3) is 0.224. The number of benzene rings is 15. The summed E-state index contributed by atoms with van der Waals surface area (Å²) in [5.41, 5.74) is 38.5. The molecule has 0 aliphatic heterocycles. The lowest BCUT2D eigenvalue weighted by Crippen LogP contribution is -2.29. The topological polar surface area (TPSA) is 11.4 Å². The van der Waals surface area contributed by atoms with Gasteiger partial charge in [0.2, 0.25) is 0 Å². The van der Waals surface area contributed by atoms with Crippen LogP contribution in [0.15, 0.2) is 315 Å². The Morgan fingerprint density at radius 1 is 0.233 bits per heavy atom. The number of hydrogen-bond acceptors (Lipinski definition) is 2. The van der Waals surface area contributed by atoms with Crippen LogP contribution in [-0.4, -0.2) is 4.57 Å². The van der Waals surface area contributed by atoms with Crippen molar-refractivity contribution in [3.05, 3.63) is 398 Å². The lowest BCUT2D eigenvalue weighted by molar-refractivity contribution is 0.568. The van der Waals surface area contributed by atoms with E-state index in [2.05, 4.69) is 454 Å².